The van der Waals surface area contributed by atoms with Crippen molar-refractivity contribution in [1.82, 2.24) is 24.7 Å². The third kappa shape index (κ3) is 4.47. The van der Waals surface area contributed by atoms with E-state index in [0.29, 0.717) is 5.92 Å². The number of nitrogens with zero attached hydrogens (tertiary/aromatic N) is 4. The molecule has 0 spiro atoms. The van der Waals surface area contributed by atoms with Crippen molar-refractivity contribution in [2.45, 2.75) is 46.1 Å². The summed E-state index contributed by atoms with van der Waals surface area (Å²) in [5.74, 6) is 3.74. The third-order valence-corrected chi connectivity index (χ3v) is 5.96. The second-order valence-electron chi connectivity index (χ2n) is 8.86. The smallest absolute Gasteiger partial charge is 0.134 e. The van der Waals surface area contributed by atoms with Gasteiger partial charge in [0.1, 0.15) is 17.4 Å². The van der Waals surface area contributed by atoms with Gasteiger partial charge in [-0.05, 0) is 55.2 Å². The van der Waals surface area contributed by atoms with Gasteiger partial charge < -0.3 is 19.6 Å². The number of H-pyrrole nitrogens is 1. The van der Waals surface area contributed by atoms with Gasteiger partial charge >= 0.3 is 0 Å². The first-order valence-corrected chi connectivity index (χ1v) is 11.5. The highest BCUT2D eigenvalue weighted by Gasteiger charge is 2.16. The number of aromatic nitrogens is 5. The molecule has 0 fully saturated rings. The van der Waals surface area contributed by atoms with E-state index in [-0.39, 0.29) is 0 Å². The molecule has 7 heteroatoms. The molecule has 0 saturated carbocycles. The van der Waals surface area contributed by atoms with Crippen molar-refractivity contribution in [3.8, 4) is 17.1 Å². The molecule has 0 amide bonds. The lowest BCUT2D eigenvalue weighted by Crippen LogP contribution is -2.10. The molecule has 32 heavy (non-hydrogen) atoms. The third-order valence-electron chi connectivity index (χ3n) is 5.96. The molecule has 0 unspecified atom stereocenters. The normalized spacial score (nSPS) is 13.1. The molecule has 3 aromatic heterocycles. The van der Waals surface area contributed by atoms with Gasteiger partial charge in [0.15, 0.2) is 0 Å². The zero-order valence-corrected chi connectivity index (χ0v) is 18.8. The topological polar surface area (TPSA) is 80.6 Å². The quantitative estimate of drug-likeness (QED) is 0.397. The van der Waals surface area contributed by atoms with E-state index >= 15 is 0 Å². The van der Waals surface area contributed by atoms with Crippen molar-refractivity contribution in [3.05, 3.63) is 54.2 Å². The Morgan fingerprint density at radius 2 is 2.09 bits per heavy atom. The molecule has 2 N–H and O–H groups in total. The van der Waals surface area contributed by atoms with Crippen LogP contribution in [0.1, 0.15) is 38.3 Å². The van der Waals surface area contributed by atoms with Crippen LogP contribution < -0.4 is 10.1 Å². The largest absolute Gasteiger partial charge is 0.494 e. The maximum atomic E-state index is 5.91. The molecule has 0 saturated heterocycles. The van der Waals surface area contributed by atoms with Crippen LogP contribution in [0.4, 0.5) is 5.69 Å². The molecule has 4 aromatic rings. The van der Waals surface area contributed by atoms with Crippen molar-refractivity contribution >= 4 is 16.6 Å². The molecule has 0 bridgehead atoms. The first-order valence-electron chi connectivity index (χ1n) is 11.5. The summed E-state index contributed by atoms with van der Waals surface area (Å²) in [4.78, 5) is 8.05. The fourth-order valence-electron chi connectivity index (χ4n) is 4.15. The number of ether oxygens (including phenoxy) is 1. The zero-order chi connectivity index (χ0) is 21.9. The minimum Gasteiger partial charge on any atom is -0.494 e. The number of hydrogen-bond acceptors (Lipinski definition) is 5. The monoisotopic (exact) mass is 430 g/mol. The van der Waals surface area contributed by atoms with Crippen LogP contribution >= 0.6 is 0 Å². The number of aromatic amines is 1. The second kappa shape index (κ2) is 9.02. The van der Waals surface area contributed by atoms with Crippen molar-refractivity contribution < 1.29 is 4.74 Å². The minimum atomic E-state index is 0.640. The molecule has 5 rings (SSSR count). The van der Waals surface area contributed by atoms with E-state index in [2.05, 4.69) is 68.2 Å². The summed E-state index contributed by atoms with van der Waals surface area (Å²) >= 11 is 0. The summed E-state index contributed by atoms with van der Waals surface area (Å²) < 4.78 is 8.17. The van der Waals surface area contributed by atoms with Crippen LogP contribution in [0.25, 0.3) is 22.3 Å². The number of benzene rings is 1. The molecular weight excluding hydrogens is 400 g/mol. The number of fused-ring (bicyclic) bond motifs is 2. The van der Waals surface area contributed by atoms with E-state index < -0.39 is 0 Å². The van der Waals surface area contributed by atoms with E-state index in [9.17, 15) is 0 Å². The molecule has 7 nitrogen and oxygen atoms in total. The van der Waals surface area contributed by atoms with Crippen molar-refractivity contribution in [2.75, 3.05) is 18.5 Å². The van der Waals surface area contributed by atoms with Gasteiger partial charge in [0.2, 0.25) is 0 Å². The summed E-state index contributed by atoms with van der Waals surface area (Å²) in [5.41, 5.74) is 4.04. The first kappa shape index (κ1) is 20.5. The van der Waals surface area contributed by atoms with Crippen LogP contribution in [0.2, 0.25) is 0 Å². The van der Waals surface area contributed by atoms with Crippen LogP contribution in [-0.4, -0.2) is 37.9 Å². The van der Waals surface area contributed by atoms with E-state index in [1.807, 2.05) is 18.3 Å². The molecule has 0 radical (unpaired) electrons. The summed E-state index contributed by atoms with van der Waals surface area (Å²) in [6.45, 7) is 7.02. The standard InChI is InChI=1S/C25H30N6O/c1-17(2)9-13-32-20-5-6-21-18(14-20)15-23(28-21)22-16-19(7-10-27-22)26-11-8-25-30-29-24-4-3-12-31(24)25/h5-7,10,14-17,28H,3-4,8-9,11-13H2,1-2H3,(H,26,27). The van der Waals surface area contributed by atoms with Gasteiger partial charge in [0, 0.05) is 48.7 Å². The van der Waals surface area contributed by atoms with Gasteiger partial charge in [0.05, 0.1) is 18.0 Å². The predicted molar refractivity (Wildman–Crippen MR) is 127 cm³/mol. The fraction of sp³-hybridized carbons (Fsp3) is 0.400. The lowest BCUT2D eigenvalue weighted by Gasteiger charge is -2.08. The Hall–Kier alpha value is -3.35. The van der Waals surface area contributed by atoms with E-state index in [4.69, 9.17) is 4.74 Å². The van der Waals surface area contributed by atoms with Crippen molar-refractivity contribution in [3.63, 3.8) is 0 Å². The second-order valence-corrected chi connectivity index (χ2v) is 8.86. The zero-order valence-electron chi connectivity index (χ0n) is 18.8. The van der Waals surface area contributed by atoms with Crippen LogP contribution in [0.3, 0.4) is 0 Å². The van der Waals surface area contributed by atoms with Gasteiger partial charge in [-0.25, -0.2) is 0 Å². The average Bonchev–Trinajstić information content (AvgIpc) is 3.50. The van der Waals surface area contributed by atoms with Gasteiger partial charge in [-0.3, -0.25) is 4.98 Å². The Labute approximate surface area is 188 Å². The molecule has 4 heterocycles. The highest BCUT2D eigenvalue weighted by Crippen LogP contribution is 2.27. The van der Waals surface area contributed by atoms with E-state index in [1.165, 1.54) is 6.42 Å². The maximum absolute atomic E-state index is 5.91. The van der Waals surface area contributed by atoms with Gasteiger partial charge in [-0.1, -0.05) is 13.8 Å². The molecule has 1 aliphatic heterocycles. The lowest BCUT2D eigenvalue weighted by molar-refractivity contribution is 0.290. The molecule has 166 valence electrons. The predicted octanol–water partition coefficient (Wildman–Crippen LogP) is 4.85. The number of anilines is 1. The fourth-order valence-corrected chi connectivity index (χ4v) is 4.15. The number of rotatable bonds is 9. The van der Waals surface area contributed by atoms with Gasteiger partial charge in [-0.15, -0.1) is 10.2 Å². The molecule has 1 aliphatic rings. The number of hydrogen-bond donors (Lipinski definition) is 2. The maximum Gasteiger partial charge on any atom is 0.134 e. The van der Waals surface area contributed by atoms with Gasteiger partial charge in [-0.2, -0.15) is 0 Å². The Morgan fingerprint density at radius 3 is 3.00 bits per heavy atom. The first-order chi connectivity index (χ1) is 15.7. The molecule has 0 atom stereocenters. The van der Waals surface area contributed by atoms with Crippen LogP contribution in [0, 0.1) is 5.92 Å². The summed E-state index contributed by atoms with van der Waals surface area (Å²) in [6, 6.07) is 12.4. The number of pyridine rings is 1. The lowest BCUT2D eigenvalue weighted by atomic mass is 10.1. The highest BCUT2D eigenvalue weighted by atomic mass is 16.5. The number of nitrogens with one attached hydrogen (secondary N) is 2. The van der Waals surface area contributed by atoms with E-state index in [1.54, 1.807) is 0 Å². The van der Waals surface area contributed by atoms with Crippen LogP contribution in [-0.2, 0) is 19.4 Å². The van der Waals surface area contributed by atoms with Crippen LogP contribution in [0.15, 0.2) is 42.6 Å². The summed E-state index contributed by atoms with van der Waals surface area (Å²) in [5, 5.41) is 13.3. The number of aryl methyl sites for hydroxylation is 1. The van der Waals surface area contributed by atoms with Crippen molar-refractivity contribution in [1.29, 1.82) is 0 Å². The van der Waals surface area contributed by atoms with Crippen LogP contribution in [0.5, 0.6) is 5.75 Å². The Kier molecular flexibility index (Phi) is 5.79. The summed E-state index contributed by atoms with van der Waals surface area (Å²) in [6.07, 6.45) is 5.98. The van der Waals surface area contributed by atoms with Crippen molar-refractivity contribution in [2.24, 2.45) is 5.92 Å². The average molecular weight is 431 g/mol. The van der Waals surface area contributed by atoms with Gasteiger partial charge in [0.25, 0.3) is 0 Å². The molecule has 1 aromatic carbocycles. The SMILES string of the molecule is CC(C)CCOc1ccc2[nH]c(-c3cc(NCCc4nnc5n4CCC5)ccn3)cc2c1. The highest BCUT2D eigenvalue weighted by molar-refractivity contribution is 5.86. The molecule has 0 aliphatic carbocycles. The summed E-state index contributed by atoms with van der Waals surface area (Å²) in [7, 11) is 0. The Morgan fingerprint density at radius 1 is 1.16 bits per heavy atom. The Bertz CT molecular complexity index is 1210. The van der Waals surface area contributed by atoms with E-state index in [0.717, 1.165) is 84.3 Å². The minimum absolute atomic E-state index is 0.640. The Balaban J connectivity index is 1.25. The molecular formula is C25H30N6O.